The van der Waals surface area contributed by atoms with Gasteiger partial charge in [0, 0.05) is 87.6 Å². The minimum atomic E-state index is -4.46. The van der Waals surface area contributed by atoms with Crippen LogP contribution in [0.3, 0.4) is 0 Å². The minimum Gasteiger partial charge on any atom is -0.507 e. The molecule has 5 amide bonds. The summed E-state index contributed by atoms with van der Waals surface area (Å²) in [4.78, 5) is 129. The second kappa shape index (κ2) is 38.0. The molecule has 1 fully saturated rings. The van der Waals surface area contributed by atoms with Gasteiger partial charge in [-0.05, 0) is 128 Å². The fraction of sp³-hybridized carbons (Fsp3) is 0.0843. The van der Waals surface area contributed by atoms with Crippen molar-refractivity contribution in [3.8, 4) is 23.0 Å². The van der Waals surface area contributed by atoms with Gasteiger partial charge in [-0.25, -0.2) is 24.4 Å². The highest BCUT2D eigenvalue weighted by Crippen LogP contribution is 2.43. The van der Waals surface area contributed by atoms with Gasteiger partial charge in [0.1, 0.15) is 37.8 Å². The lowest BCUT2D eigenvalue weighted by Crippen LogP contribution is -2.27. The number of nitrogens with zero attached hydrogens (tertiary/aromatic N) is 5. The normalized spacial score (nSPS) is 13.1. The van der Waals surface area contributed by atoms with E-state index in [4.69, 9.17) is 63.7 Å². The number of amides is 5. The number of halogens is 5. The Labute approximate surface area is 697 Å². The molecule has 0 unspecified atom stereocenters. The summed E-state index contributed by atoms with van der Waals surface area (Å²) in [5.41, 5.74) is 8.95. The average molecular weight is 1720 g/mol. The molecule has 13 aromatic rings. The predicted molar refractivity (Wildman–Crippen MR) is 454 cm³/mol. The molecule has 37 heteroatoms. The Morgan fingerprint density at radius 1 is 0.817 bits per heavy atom. The van der Waals surface area contributed by atoms with E-state index in [9.17, 15) is 72.2 Å². The molecule has 1 saturated heterocycles. The van der Waals surface area contributed by atoms with Crippen molar-refractivity contribution in [3.05, 3.63) is 290 Å². The molecule has 9 aromatic carbocycles. The first kappa shape index (κ1) is 86.3. The number of rotatable bonds is 14. The van der Waals surface area contributed by atoms with Gasteiger partial charge in [0.15, 0.2) is 17.1 Å². The number of aromatic carboxylic acids is 1. The highest BCUT2D eigenvalue weighted by molar-refractivity contribution is 8.26. The van der Waals surface area contributed by atoms with Gasteiger partial charge < -0.3 is 60.6 Å². The van der Waals surface area contributed by atoms with Gasteiger partial charge in [0.25, 0.3) is 29.0 Å². The number of aromatic nitrogens is 3. The number of methoxy groups -OCH3 is 1. The number of nitro benzene ring substituents is 1. The number of thiocarbonyl (C=S) groups is 1. The number of furan rings is 1. The number of nitrogens with one attached hydrogen (secondary N) is 6. The number of anilines is 5. The van der Waals surface area contributed by atoms with Gasteiger partial charge >= 0.3 is 30.0 Å². The molecule has 16 rings (SSSR count). The van der Waals surface area contributed by atoms with E-state index in [1.165, 1.54) is 79.5 Å². The summed E-state index contributed by atoms with van der Waals surface area (Å²) in [6.45, 7) is 7.94. The lowest BCUT2D eigenvalue weighted by Gasteiger charge is -2.14. The quantitative estimate of drug-likeness (QED) is 0.00919. The number of allylic oxidation sites excluding steroid dienone is 2. The number of benzene rings is 9. The molecule has 0 saturated carbocycles. The third kappa shape index (κ3) is 20.8. The third-order valence-electron chi connectivity index (χ3n) is 17.3. The van der Waals surface area contributed by atoms with E-state index in [1.54, 1.807) is 76.4 Å². The number of aryl methyl sites for hydroxylation is 2. The zero-order chi connectivity index (χ0) is 86.4. The van der Waals surface area contributed by atoms with E-state index in [1.807, 2.05) is 68.6 Å². The molecule has 0 atom stereocenters. The number of phenolic OH excluding ortho intramolecular Hbond substituents is 3. The second-order valence-electron chi connectivity index (χ2n) is 25.5. The van der Waals surface area contributed by atoms with E-state index >= 15 is 0 Å². The SMILES string of the molecule is C=CCNC(=O)c1cc([N+](=O)[O-])cc2c(=O)[nH]c(Nc3ccc(Cl)c(C)c3)nc12.COc1cc(O)c2c(c1)oc(=O)c1c3cc(O)c(O)cc3oc21.Cc1cccc(CN2C(=O)/C(=C\c3ccc(C(=O)O)cc3)SC2=S)c1.O=C(Nc1cccc(Cl)c1)Nc1cccc(C(F)(F)F)c1.O=C1Nc2ccc3ncsc3c2/C1=C/C1=CCC=N1.O=C=O. The van der Waals surface area contributed by atoms with E-state index < -0.39 is 51.5 Å². The first-order valence-electron chi connectivity index (χ1n) is 34.9. The molecule has 3 aliphatic rings. The molecule has 0 radical (unpaired) electrons. The third-order valence-corrected chi connectivity index (χ3v) is 20.2. The number of non-ortho nitro benzene ring substituents is 1. The molecule has 10 N–H and O–H groups in total. The zero-order valence-electron chi connectivity index (χ0n) is 62.2. The first-order valence-corrected chi connectivity index (χ1v) is 37.7. The van der Waals surface area contributed by atoms with Crippen molar-refractivity contribution in [2.24, 2.45) is 4.99 Å². The van der Waals surface area contributed by atoms with Gasteiger partial charge in [0.2, 0.25) is 5.95 Å². The summed E-state index contributed by atoms with van der Waals surface area (Å²) in [5.74, 6) is -2.33. The van der Waals surface area contributed by atoms with Gasteiger partial charge in [-0.1, -0.05) is 113 Å². The summed E-state index contributed by atoms with van der Waals surface area (Å²) in [5, 5.41) is 64.3. The van der Waals surface area contributed by atoms with E-state index in [0.717, 1.165) is 80.1 Å². The maximum atomic E-state index is 12.6. The van der Waals surface area contributed by atoms with Crippen molar-refractivity contribution in [2.75, 3.05) is 34.9 Å². The summed E-state index contributed by atoms with van der Waals surface area (Å²) < 4.78 is 55.1. The number of aliphatic imine (C=N–C) groups is 1. The van der Waals surface area contributed by atoms with Crippen LogP contribution in [0.15, 0.2) is 228 Å². The molecule has 3 aliphatic heterocycles. The number of urea groups is 1. The van der Waals surface area contributed by atoms with Crippen LogP contribution in [0.2, 0.25) is 10.0 Å². The monoisotopic (exact) mass is 1720 g/mol. The van der Waals surface area contributed by atoms with Crippen molar-refractivity contribution in [1.29, 1.82) is 0 Å². The smallest absolute Gasteiger partial charge is 0.416 e. The first-order chi connectivity index (χ1) is 57.3. The van der Waals surface area contributed by atoms with Gasteiger partial charge in [-0.3, -0.25) is 44.2 Å². The number of carbonyl (C=O) groups is 5. The van der Waals surface area contributed by atoms with Crippen molar-refractivity contribution < 1.29 is 85.7 Å². The number of phenols is 3. The number of hydrogen-bond acceptors (Lipinski definition) is 24. The number of thiazole rings is 1. The van der Waals surface area contributed by atoms with Crippen LogP contribution in [0.1, 0.15) is 60.5 Å². The van der Waals surface area contributed by atoms with Crippen molar-refractivity contribution in [1.82, 2.24) is 25.2 Å². The van der Waals surface area contributed by atoms with Crippen molar-refractivity contribution >= 4 is 205 Å². The average Bonchev–Trinajstić information content (AvgIpc) is 1.56. The number of carboxylic acid groups (broad SMARTS) is 1. The number of carboxylic acids is 1. The molecule has 0 bridgehead atoms. The number of thioether (sulfide) groups is 1. The Balaban J connectivity index is 0.000000146. The number of ether oxygens (including phenoxy) is 1. The predicted octanol–water partition coefficient (Wildman–Crippen LogP) is 17.8. The van der Waals surface area contributed by atoms with Crippen LogP contribution in [0, 0.1) is 24.0 Å². The molecular weight excluding hydrogens is 1660 g/mol. The molecule has 0 spiro atoms. The van der Waals surface area contributed by atoms with Crippen molar-refractivity contribution in [3.63, 3.8) is 0 Å². The fourth-order valence-corrected chi connectivity index (χ4v) is 14.3. The van der Waals surface area contributed by atoms with Crippen LogP contribution in [0.25, 0.3) is 65.7 Å². The van der Waals surface area contributed by atoms with Gasteiger partial charge in [0.05, 0.1) is 83.8 Å². The van der Waals surface area contributed by atoms with Crippen LogP contribution < -0.4 is 42.5 Å². The van der Waals surface area contributed by atoms with Gasteiger partial charge in [-0.2, -0.15) is 22.8 Å². The number of H-pyrrole nitrogens is 1. The molecule has 120 heavy (non-hydrogen) atoms. The highest BCUT2D eigenvalue weighted by atomic mass is 35.5. The van der Waals surface area contributed by atoms with Crippen LogP contribution >= 0.6 is 58.5 Å². The molecule has 4 aromatic heterocycles. The highest BCUT2D eigenvalue weighted by Gasteiger charge is 2.34. The minimum absolute atomic E-state index is 0.0362. The summed E-state index contributed by atoms with van der Waals surface area (Å²) in [6, 6.07) is 40.9. The molecule has 608 valence electrons. The molecular formula is C83H60Cl2F3N11O18S3. The molecule has 29 nitrogen and oxygen atoms in total. The Kier molecular flexibility index (Phi) is 27.3. The van der Waals surface area contributed by atoms with Crippen molar-refractivity contribution in [2.45, 2.75) is 33.0 Å². The maximum absolute atomic E-state index is 12.6. The van der Waals surface area contributed by atoms with E-state index in [0.29, 0.717) is 48.5 Å². The number of carbonyl (C=O) groups excluding carboxylic acids is 6. The van der Waals surface area contributed by atoms with E-state index in [2.05, 4.69) is 53.1 Å². The number of nitro groups is 1. The Bertz CT molecular complexity index is 6620. The molecule has 0 aliphatic carbocycles. The molecule has 7 heterocycles. The number of aromatic hydroxyl groups is 3. The standard InChI is InChI=1S/C19H16ClN5O4.C19H15NO3S2.C16H10O7.C14H10ClF3N2O.C14H9N3OS.CO2/c1-3-6-21-17(26)13-8-12(25(28)29)9-14-16(13)23-19(24-18(14)27)22-11-4-5-15(20)10(2)7-11;1-12-3-2-4-14(9-12)11-20-17(21)16(25-19(20)24)10-13-5-7-15(8-6-13)18(22)23;1-21-6-2-10(19)14-12(3-6)23-16(20)13-7-4-8(17)9(18)5-11(7)22-15(13)14;15-10-4-2-6-12(8-10)20-13(21)19-11-5-1-3-9(7-11)14(16,17)18;18-14-9(6-8-2-1-5-15-8)12-10(17-14)3-4-11-13(12)19-7-16-11;2-1-3/h3-5,7-9H,1,6H2,2H3,(H,21,26)(H2,22,23,24,27);2-10H,11H2,1H3,(H,22,23);2-5,17-19H,1H3;1-8H,(H2,19,20,21);2-7H,1H2,(H,17,18);/b;16-10+;;;9-6-;. The lowest BCUT2D eigenvalue weighted by molar-refractivity contribution is -0.384. The van der Waals surface area contributed by atoms with E-state index in [-0.39, 0.29) is 108 Å². The number of hydrogen-bond donors (Lipinski definition) is 10. The van der Waals surface area contributed by atoms with Crippen LogP contribution in [-0.4, -0.2) is 105 Å². The summed E-state index contributed by atoms with van der Waals surface area (Å²) >= 11 is 19.9. The van der Waals surface area contributed by atoms with Gasteiger partial charge in [-0.15, -0.1) is 17.9 Å². The lowest BCUT2D eigenvalue weighted by atomic mass is 10.1. The number of fused-ring (bicyclic) bond motifs is 9. The fourth-order valence-electron chi connectivity index (χ4n) is 11.8. The Morgan fingerprint density at radius 2 is 1.53 bits per heavy atom. The Hall–Kier alpha value is -14.6. The summed E-state index contributed by atoms with van der Waals surface area (Å²) in [6.07, 6.45) is 5.52. The second-order valence-corrected chi connectivity index (χ2v) is 28.9. The number of aromatic amines is 1. The van der Waals surface area contributed by atoms with Crippen LogP contribution in [0.4, 0.5) is 52.4 Å². The zero-order valence-corrected chi connectivity index (χ0v) is 66.2. The Morgan fingerprint density at radius 3 is 2.20 bits per heavy atom. The van der Waals surface area contributed by atoms with Crippen LogP contribution in [-0.2, 0) is 31.9 Å². The topological polar surface area (TPSA) is 431 Å². The summed E-state index contributed by atoms with van der Waals surface area (Å²) in [7, 11) is 1.42. The maximum Gasteiger partial charge on any atom is 0.416 e. The largest absolute Gasteiger partial charge is 0.507 e. The number of alkyl halides is 3. The van der Waals surface area contributed by atoms with Crippen LogP contribution in [0.5, 0.6) is 23.0 Å².